The number of hydrogen-bond donors (Lipinski definition) is 0. The lowest BCUT2D eigenvalue weighted by Crippen LogP contribution is -2.50. The summed E-state index contributed by atoms with van der Waals surface area (Å²) in [5.41, 5.74) is 5.14. The molecule has 5 rings (SSSR count). The lowest BCUT2D eigenvalue weighted by Gasteiger charge is -2.40. The van der Waals surface area contributed by atoms with E-state index >= 15 is 0 Å². The van der Waals surface area contributed by atoms with Gasteiger partial charge < -0.3 is 9.47 Å². The van der Waals surface area contributed by atoms with E-state index in [1.807, 2.05) is 54.0 Å². The second-order valence-corrected chi connectivity index (χ2v) is 10.3. The quantitative estimate of drug-likeness (QED) is 0.457. The number of benzene rings is 2. The highest BCUT2D eigenvalue weighted by Crippen LogP contribution is 2.42. The smallest absolute Gasteiger partial charge is 0.247 e. The van der Waals surface area contributed by atoms with Crippen LogP contribution in [-0.2, 0) is 9.59 Å². The Morgan fingerprint density at radius 1 is 0.943 bits per heavy atom. The average Bonchev–Trinajstić information content (AvgIpc) is 3.36. The Morgan fingerprint density at radius 3 is 2.40 bits per heavy atom. The predicted molar refractivity (Wildman–Crippen MR) is 140 cm³/mol. The van der Waals surface area contributed by atoms with Gasteiger partial charge in [0.05, 0.1) is 17.1 Å². The molecule has 35 heavy (non-hydrogen) atoms. The van der Waals surface area contributed by atoms with Crippen LogP contribution in [-0.4, -0.2) is 33.9 Å². The normalized spacial score (nSPS) is 17.7. The molecule has 1 aromatic heterocycles. The second kappa shape index (κ2) is 9.73. The van der Waals surface area contributed by atoms with Gasteiger partial charge in [0.15, 0.2) is 0 Å². The third-order valence-electron chi connectivity index (χ3n) is 7.51. The standard InChI is InChI=1S/C30H35N3O2/c1-21(2)32(30(35)23-12-5-4-6-13-23)20-28(34)33-26-16-8-7-15-25(26)31-18-10-17-27(31)29(33)24-14-9-11-22(3)19-24/h7-11,14-19,21,23,29H,4-6,12-13,20H2,1-3H3. The summed E-state index contributed by atoms with van der Waals surface area (Å²) in [4.78, 5) is 31.4. The van der Waals surface area contributed by atoms with Crippen molar-refractivity contribution in [3.8, 4) is 5.69 Å². The molecular weight excluding hydrogens is 434 g/mol. The molecule has 182 valence electrons. The molecular formula is C30H35N3O2. The molecule has 2 heterocycles. The highest BCUT2D eigenvalue weighted by Gasteiger charge is 2.38. The van der Waals surface area contributed by atoms with Crippen LogP contribution in [0.4, 0.5) is 5.69 Å². The molecule has 1 aliphatic heterocycles. The fourth-order valence-electron chi connectivity index (χ4n) is 5.74. The number of aryl methyl sites for hydroxylation is 1. The summed E-state index contributed by atoms with van der Waals surface area (Å²) in [5, 5.41) is 0. The van der Waals surface area contributed by atoms with Crippen LogP contribution in [0.5, 0.6) is 0 Å². The van der Waals surface area contributed by atoms with Gasteiger partial charge in [-0.2, -0.15) is 0 Å². The number of rotatable bonds is 5. The maximum atomic E-state index is 14.2. The number of anilines is 1. The minimum atomic E-state index is -0.258. The summed E-state index contributed by atoms with van der Waals surface area (Å²) in [6, 6.07) is 20.3. The number of amides is 2. The molecule has 0 spiro atoms. The van der Waals surface area contributed by atoms with Crippen molar-refractivity contribution in [2.45, 2.75) is 65.0 Å². The second-order valence-electron chi connectivity index (χ2n) is 10.3. The van der Waals surface area contributed by atoms with Crippen molar-refractivity contribution in [3.63, 3.8) is 0 Å². The Hall–Kier alpha value is -3.34. The first kappa shape index (κ1) is 23.4. The van der Waals surface area contributed by atoms with Crippen LogP contribution in [0.3, 0.4) is 0 Å². The maximum absolute atomic E-state index is 14.2. The van der Waals surface area contributed by atoms with E-state index in [1.165, 1.54) is 6.42 Å². The topological polar surface area (TPSA) is 45.6 Å². The zero-order valence-electron chi connectivity index (χ0n) is 21.0. The highest BCUT2D eigenvalue weighted by atomic mass is 16.2. The molecule has 2 aliphatic rings. The minimum Gasteiger partial charge on any atom is -0.331 e. The summed E-state index contributed by atoms with van der Waals surface area (Å²) in [5.74, 6) is 0.125. The SMILES string of the molecule is Cc1cccc(C2c3cccn3-c3ccccc3N2C(=O)CN(C(=O)C2CCCCC2)C(C)C)c1. The third kappa shape index (κ3) is 4.40. The van der Waals surface area contributed by atoms with Gasteiger partial charge in [0, 0.05) is 18.2 Å². The van der Waals surface area contributed by atoms with Crippen LogP contribution >= 0.6 is 0 Å². The zero-order valence-corrected chi connectivity index (χ0v) is 21.0. The highest BCUT2D eigenvalue weighted by molar-refractivity contribution is 6.00. The molecule has 0 saturated heterocycles. The predicted octanol–water partition coefficient (Wildman–Crippen LogP) is 6.04. The zero-order chi connectivity index (χ0) is 24.5. The summed E-state index contributed by atoms with van der Waals surface area (Å²) in [7, 11) is 0. The summed E-state index contributed by atoms with van der Waals surface area (Å²) in [6.07, 6.45) is 7.33. The van der Waals surface area contributed by atoms with E-state index in [-0.39, 0.29) is 36.4 Å². The third-order valence-corrected chi connectivity index (χ3v) is 7.51. The maximum Gasteiger partial charge on any atom is 0.247 e. The van der Waals surface area contributed by atoms with Gasteiger partial charge in [-0.1, -0.05) is 61.2 Å². The molecule has 2 amide bonds. The van der Waals surface area contributed by atoms with Crippen LogP contribution in [0.25, 0.3) is 5.69 Å². The lowest BCUT2D eigenvalue weighted by atomic mass is 9.88. The molecule has 3 aromatic rings. The molecule has 1 atom stereocenters. The fraction of sp³-hybridized carbons (Fsp3) is 0.400. The van der Waals surface area contributed by atoms with E-state index in [0.717, 1.165) is 53.9 Å². The van der Waals surface area contributed by atoms with Gasteiger partial charge in [0.1, 0.15) is 12.6 Å². The number of hydrogen-bond acceptors (Lipinski definition) is 2. The van der Waals surface area contributed by atoms with Crippen LogP contribution in [0.15, 0.2) is 66.9 Å². The first-order valence-corrected chi connectivity index (χ1v) is 12.9. The Labute approximate surface area is 208 Å². The van der Waals surface area contributed by atoms with Crippen molar-refractivity contribution in [1.29, 1.82) is 0 Å². The molecule has 0 N–H and O–H groups in total. The molecule has 2 aromatic carbocycles. The van der Waals surface area contributed by atoms with Gasteiger partial charge in [-0.3, -0.25) is 14.5 Å². The van der Waals surface area contributed by atoms with Crippen molar-refractivity contribution in [3.05, 3.63) is 83.7 Å². The molecule has 5 nitrogen and oxygen atoms in total. The van der Waals surface area contributed by atoms with E-state index < -0.39 is 0 Å². The van der Waals surface area contributed by atoms with E-state index in [4.69, 9.17) is 0 Å². The van der Waals surface area contributed by atoms with Gasteiger partial charge >= 0.3 is 0 Å². The van der Waals surface area contributed by atoms with Crippen molar-refractivity contribution in [2.24, 2.45) is 5.92 Å². The van der Waals surface area contributed by atoms with Gasteiger partial charge in [0.25, 0.3) is 0 Å². The van der Waals surface area contributed by atoms with Gasteiger partial charge in [-0.15, -0.1) is 0 Å². The number of nitrogens with zero attached hydrogens (tertiary/aromatic N) is 3. The number of para-hydroxylation sites is 2. The van der Waals surface area contributed by atoms with Gasteiger partial charge in [0.2, 0.25) is 11.8 Å². The number of aromatic nitrogens is 1. The average molecular weight is 470 g/mol. The summed E-state index contributed by atoms with van der Waals surface area (Å²) in [6.45, 7) is 6.20. The van der Waals surface area contributed by atoms with Crippen molar-refractivity contribution in [2.75, 3.05) is 11.4 Å². The molecule has 0 radical (unpaired) electrons. The van der Waals surface area contributed by atoms with E-state index in [9.17, 15) is 9.59 Å². The van der Waals surface area contributed by atoms with Crippen LogP contribution in [0.1, 0.15) is 68.8 Å². The van der Waals surface area contributed by atoms with Crippen molar-refractivity contribution < 1.29 is 9.59 Å². The Kier molecular flexibility index (Phi) is 6.50. The largest absolute Gasteiger partial charge is 0.331 e. The molecule has 1 fully saturated rings. The minimum absolute atomic E-state index is 0.0327. The Balaban J connectivity index is 1.55. The monoisotopic (exact) mass is 469 g/mol. The Morgan fingerprint density at radius 2 is 1.69 bits per heavy atom. The van der Waals surface area contributed by atoms with Gasteiger partial charge in [-0.25, -0.2) is 0 Å². The van der Waals surface area contributed by atoms with Crippen molar-refractivity contribution >= 4 is 17.5 Å². The first-order chi connectivity index (χ1) is 17.0. The molecule has 1 unspecified atom stereocenters. The van der Waals surface area contributed by atoms with Crippen LogP contribution in [0, 0.1) is 12.8 Å². The first-order valence-electron chi connectivity index (χ1n) is 12.9. The lowest BCUT2D eigenvalue weighted by molar-refractivity contribution is -0.141. The van der Waals surface area contributed by atoms with E-state index in [1.54, 1.807) is 0 Å². The molecule has 5 heteroatoms. The Bertz CT molecular complexity index is 1220. The number of carbonyl (C=O) groups excluding carboxylic acids is 2. The number of fused-ring (bicyclic) bond motifs is 3. The van der Waals surface area contributed by atoms with E-state index in [0.29, 0.717) is 0 Å². The molecule has 0 bridgehead atoms. The summed E-state index contributed by atoms with van der Waals surface area (Å²) < 4.78 is 2.18. The molecule has 1 aliphatic carbocycles. The summed E-state index contributed by atoms with van der Waals surface area (Å²) >= 11 is 0. The fourth-order valence-corrected chi connectivity index (χ4v) is 5.74. The van der Waals surface area contributed by atoms with Crippen LogP contribution < -0.4 is 4.90 Å². The molecule has 1 saturated carbocycles. The van der Waals surface area contributed by atoms with E-state index in [2.05, 4.69) is 48.0 Å². The van der Waals surface area contributed by atoms with Crippen molar-refractivity contribution in [1.82, 2.24) is 9.47 Å². The van der Waals surface area contributed by atoms with Crippen LogP contribution in [0.2, 0.25) is 0 Å². The van der Waals surface area contributed by atoms with Gasteiger partial charge in [-0.05, 0) is 63.4 Å². The number of carbonyl (C=O) groups is 2.